The maximum absolute atomic E-state index is 12.3. The molecule has 0 radical (unpaired) electrons. The number of hydrogen-bond acceptors (Lipinski definition) is 3. The molecular weight excluding hydrogens is 262 g/mol. The van der Waals surface area contributed by atoms with Gasteiger partial charge in [-0.05, 0) is 29.3 Å². The fourth-order valence-electron chi connectivity index (χ4n) is 2.45. The molecule has 0 amide bonds. The van der Waals surface area contributed by atoms with Crippen molar-refractivity contribution in [3.63, 3.8) is 0 Å². The number of carbonyl (C=O) groups excluding carboxylic acids is 1. The third-order valence-electron chi connectivity index (χ3n) is 3.46. The topological polar surface area (TPSA) is 50.1 Å². The lowest BCUT2D eigenvalue weighted by molar-refractivity contribution is 0.104. The monoisotopic (exact) mass is 275 g/mol. The molecule has 0 heterocycles. The molecule has 0 aromatic heterocycles. The Balaban J connectivity index is 1.81. The summed E-state index contributed by atoms with van der Waals surface area (Å²) in [6.07, 6.45) is 2.60. The van der Waals surface area contributed by atoms with E-state index in [0.717, 1.165) is 22.3 Å². The summed E-state index contributed by atoms with van der Waals surface area (Å²) in [5.74, 6) is 0.759. The van der Waals surface area contributed by atoms with Gasteiger partial charge >= 0.3 is 0 Å². The van der Waals surface area contributed by atoms with E-state index in [-0.39, 0.29) is 12.4 Å². The summed E-state index contributed by atoms with van der Waals surface area (Å²) in [6, 6.07) is 17.0. The van der Waals surface area contributed by atoms with Crippen LogP contribution in [0, 0.1) is 11.3 Å². The largest absolute Gasteiger partial charge is 0.479 e. The van der Waals surface area contributed by atoms with Crippen LogP contribution in [0.2, 0.25) is 0 Å². The lowest BCUT2D eigenvalue weighted by Gasteiger charge is -2.02. The molecule has 3 heteroatoms. The Labute approximate surface area is 123 Å². The zero-order valence-electron chi connectivity index (χ0n) is 11.4. The second-order valence-electron chi connectivity index (χ2n) is 4.85. The quantitative estimate of drug-likeness (QED) is 0.806. The summed E-state index contributed by atoms with van der Waals surface area (Å²) in [5, 5.41) is 8.46. The van der Waals surface area contributed by atoms with Crippen molar-refractivity contribution >= 4 is 11.9 Å². The van der Waals surface area contributed by atoms with E-state index in [1.807, 2.05) is 48.5 Å². The van der Waals surface area contributed by atoms with Gasteiger partial charge in [-0.3, -0.25) is 4.79 Å². The van der Waals surface area contributed by atoms with Gasteiger partial charge in [0.05, 0.1) is 0 Å². The third kappa shape index (κ3) is 2.70. The summed E-state index contributed by atoms with van der Waals surface area (Å²) >= 11 is 0. The summed E-state index contributed by atoms with van der Waals surface area (Å²) in [4.78, 5) is 12.3. The van der Waals surface area contributed by atoms with Crippen LogP contribution in [0.25, 0.3) is 6.08 Å². The maximum Gasteiger partial charge on any atom is 0.189 e. The van der Waals surface area contributed by atoms with Crippen molar-refractivity contribution in [2.24, 2.45) is 0 Å². The Bertz CT molecular complexity index is 752. The molecule has 2 aromatic carbocycles. The van der Waals surface area contributed by atoms with Crippen LogP contribution in [0.4, 0.5) is 0 Å². The maximum atomic E-state index is 12.3. The average Bonchev–Trinajstić information content (AvgIpc) is 2.83. The van der Waals surface area contributed by atoms with E-state index in [4.69, 9.17) is 10.00 Å². The number of hydrogen-bond donors (Lipinski definition) is 0. The molecule has 0 spiro atoms. The highest BCUT2D eigenvalue weighted by Gasteiger charge is 2.23. The number of nitrogens with zero attached hydrogens (tertiary/aromatic N) is 1. The first-order chi connectivity index (χ1) is 10.3. The van der Waals surface area contributed by atoms with E-state index >= 15 is 0 Å². The number of ketones is 1. The van der Waals surface area contributed by atoms with Crippen LogP contribution in [0.15, 0.2) is 54.1 Å². The van der Waals surface area contributed by atoms with Gasteiger partial charge in [0.15, 0.2) is 12.4 Å². The lowest BCUT2D eigenvalue weighted by atomic mass is 10.1. The lowest BCUT2D eigenvalue weighted by Crippen LogP contribution is -1.95. The molecule has 1 aliphatic rings. The van der Waals surface area contributed by atoms with Crippen molar-refractivity contribution in [3.05, 3.63) is 70.8 Å². The van der Waals surface area contributed by atoms with Gasteiger partial charge in [-0.2, -0.15) is 5.26 Å². The number of allylic oxidation sites excluding steroid dienone is 1. The highest BCUT2D eigenvalue weighted by Crippen LogP contribution is 2.27. The van der Waals surface area contributed by atoms with E-state index in [1.54, 1.807) is 12.1 Å². The standard InChI is InChI=1S/C18H13NO2/c19-9-10-21-16-7-5-13(6-8-16)11-15-12-14-3-1-2-4-17(14)18(15)20/h1-8,11H,10,12H2/b15-11+. The molecular formula is C18H13NO2. The first-order valence-corrected chi connectivity index (χ1v) is 6.71. The number of nitriles is 1. The number of Topliss-reactive ketones (excluding diaryl/α,β-unsaturated/α-hetero) is 1. The van der Waals surface area contributed by atoms with E-state index in [0.29, 0.717) is 12.2 Å². The minimum atomic E-state index is 0.0359. The first-order valence-electron chi connectivity index (χ1n) is 6.71. The predicted molar refractivity (Wildman–Crippen MR) is 80.0 cm³/mol. The number of fused-ring (bicyclic) bond motifs is 1. The van der Waals surface area contributed by atoms with E-state index in [9.17, 15) is 4.79 Å². The van der Waals surface area contributed by atoms with Crippen LogP contribution in [0.5, 0.6) is 5.75 Å². The van der Waals surface area contributed by atoms with Crippen LogP contribution in [-0.2, 0) is 6.42 Å². The van der Waals surface area contributed by atoms with Crippen LogP contribution in [-0.4, -0.2) is 12.4 Å². The summed E-state index contributed by atoms with van der Waals surface area (Å²) < 4.78 is 5.20. The summed E-state index contributed by atoms with van der Waals surface area (Å²) in [5.41, 5.74) is 3.65. The van der Waals surface area contributed by atoms with Crippen LogP contribution < -0.4 is 4.74 Å². The van der Waals surface area contributed by atoms with Crippen LogP contribution >= 0.6 is 0 Å². The summed E-state index contributed by atoms with van der Waals surface area (Å²) in [6.45, 7) is 0.0359. The van der Waals surface area contributed by atoms with Crippen molar-refractivity contribution in [2.75, 3.05) is 6.61 Å². The third-order valence-corrected chi connectivity index (χ3v) is 3.46. The van der Waals surface area contributed by atoms with Crippen molar-refractivity contribution in [1.82, 2.24) is 0 Å². The number of rotatable bonds is 3. The minimum absolute atomic E-state index is 0.0359. The molecule has 0 atom stereocenters. The van der Waals surface area contributed by atoms with Crippen molar-refractivity contribution in [2.45, 2.75) is 6.42 Å². The van der Waals surface area contributed by atoms with Crippen molar-refractivity contribution < 1.29 is 9.53 Å². The normalized spacial score (nSPS) is 14.8. The summed E-state index contributed by atoms with van der Waals surface area (Å²) in [7, 11) is 0. The second-order valence-corrected chi connectivity index (χ2v) is 4.85. The van der Waals surface area contributed by atoms with E-state index < -0.39 is 0 Å². The smallest absolute Gasteiger partial charge is 0.189 e. The highest BCUT2D eigenvalue weighted by molar-refractivity contribution is 6.15. The van der Waals surface area contributed by atoms with Gasteiger partial charge in [-0.25, -0.2) is 0 Å². The molecule has 0 saturated heterocycles. The average molecular weight is 275 g/mol. The Hall–Kier alpha value is -2.86. The van der Waals surface area contributed by atoms with Crippen LogP contribution in [0.1, 0.15) is 21.5 Å². The molecule has 102 valence electrons. The van der Waals surface area contributed by atoms with Gasteiger partial charge < -0.3 is 4.74 Å². The predicted octanol–water partition coefficient (Wildman–Crippen LogP) is 3.41. The zero-order chi connectivity index (χ0) is 14.7. The molecule has 3 nitrogen and oxygen atoms in total. The molecule has 0 saturated carbocycles. The molecule has 0 aliphatic heterocycles. The second kappa shape index (κ2) is 5.64. The minimum Gasteiger partial charge on any atom is -0.479 e. The number of carbonyl (C=O) groups is 1. The highest BCUT2D eigenvalue weighted by atomic mass is 16.5. The van der Waals surface area contributed by atoms with Gasteiger partial charge in [0.2, 0.25) is 0 Å². The van der Waals surface area contributed by atoms with Gasteiger partial charge in [-0.15, -0.1) is 0 Å². The first kappa shape index (κ1) is 13.1. The molecule has 0 fully saturated rings. The Kier molecular flexibility index (Phi) is 3.53. The van der Waals surface area contributed by atoms with Gasteiger partial charge in [0.1, 0.15) is 11.8 Å². The molecule has 1 aliphatic carbocycles. The molecule has 0 unspecified atom stereocenters. The number of benzene rings is 2. The van der Waals surface area contributed by atoms with Gasteiger partial charge in [0.25, 0.3) is 0 Å². The fourth-order valence-corrected chi connectivity index (χ4v) is 2.45. The van der Waals surface area contributed by atoms with Crippen molar-refractivity contribution in [1.29, 1.82) is 5.26 Å². The zero-order valence-corrected chi connectivity index (χ0v) is 11.4. The Morgan fingerprint density at radius 1 is 1.14 bits per heavy atom. The van der Waals surface area contributed by atoms with Crippen molar-refractivity contribution in [3.8, 4) is 11.8 Å². The Morgan fingerprint density at radius 2 is 1.90 bits per heavy atom. The van der Waals surface area contributed by atoms with E-state index in [1.165, 1.54) is 0 Å². The van der Waals surface area contributed by atoms with Gasteiger partial charge in [0, 0.05) is 17.6 Å². The van der Waals surface area contributed by atoms with E-state index in [2.05, 4.69) is 0 Å². The Morgan fingerprint density at radius 3 is 2.62 bits per heavy atom. The molecule has 0 bridgehead atoms. The molecule has 0 N–H and O–H groups in total. The number of ether oxygens (including phenoxy) is 1. The molecule has 3 rings (SSSR count). The molecule has 2 aromatic rings. The van der Waals surface area contributed by atoms with Gasteiger partial charge in [-0.1, -0.05) is 36.4 Å². The fraction of sp³-hybridized carbons (Fsp3) is 0.111. The van der Waals surface area contributed by atoms with Crippen LogP contribution in [0.3, 0.4) is 0 Å². The molecule has 21 heavy (non-hydrogen) atoms. The SMILES string of the molecule is N#CCOc1ccc(/C=C2\Cc3ccccc3C2=O)cc1.